The highest BCUT2D eigenvalue weighted by Gasteiger charge is 2.11. The summed E-state index contributed by atoms with van der Waals surface area (Å²) < 4.78 is 16.3. The van der Waals surface area contributed by atoms with E-state index in [0.717, 1.165) is 37.2 Å². The zero-order chi connectivity index (χ0) is 19.3. The molecule has 0 spiro atoms. The molecule has 1 aromatic carbocycles. The van der Waals surface area contributed by atoms with Gasteiger partial charge >= 0.3 is 0 Å². The lowest BCUT2D eigenvalue weighted by Gasteiger charge is -2.10. The molecule has 0 aliphatic carbocycles. The molecule has 0 unspecified atom stereocenters. The van der Waals surface area contributed by atoms with Crippen LogP contribution in [-0.2, 0) is 12.8 Å². The minimum Gasteiger partial charge on any atom is -0.481 e. The zero-order valence-electron chi connectivity index (χ0n) is 15.9. The summed E-state index contributed by atoms with van der Waals surface area (Å²) >= 11 is 0. The molecule has 1 aliphatic rings. The van der Waals surface area contributed by atoms with Crippen LogP contribution in [0.4, 0.5) is 0 Å². The van der Waals surface area contributed by atoms with Crippen molar-refractivity contribution < 1.29 is 14.2 Å². The van der Waals surface area contributed by atoms with Crippen LogP contribution in [0, 0.1) is 0 Å². The first-order valence-electron chi connectivity index (χ1n) is 9.19. The van der Waals surface area contributed by atoms with Gasteiger partial charge in [-0.25, -0.2) is 4.98 Å². The molecule has 0 saturated heterocycles. The van der Waals surface area contributed by atoms with E-state index in [1.54, 1.807) is 32.5 Å². The number of hydrogen-bond donors (Lipinski definition) is 1. The summed E-state index contributed by atoms with van der Waals surface area (Å²) in [5.74, 6) is 2.65. The van der Waals surface area contributed by atoms with Crippen LogP contribution in [0.2, 0.25) is 0 Å². The van der Waals surface area contributed by atoms with Gasteiger partial charge in [0.15, 0.2) is 5.82 Å². The fraction of sp³-hybridized carbons (Fsp3) is 0.286. The van der Waals surface area contributed by atoms with E-state index in [-0.39, 0.29) is 0 Å². The van der Waals surface area contributed by atoms with E-state index < -0.39 is 0 Å². The van der Waals surface area contributed by atoms with Gasteiger partial charge in [-0.05, 0) is 55.3 Å². The number of ether oxygens (including phenoxy) is 3. The van der Waals surface area contributed by atoms with Crippen LogP contribution in [-0.4, -0.2) is 42.3 Å². The van der Waals surface area contributed by atoms with Crippen molar-refractivity contribution in [2.75, 3.05) is 27.3 Å². The maximum atomic E-state index is 5.94. The van der Waals surface area contributed by atoms with E-state index in [1.807, 2.05) is 12.1 Å². The Balaban J connectivity index is 1.53. The third kappa shape index (κ3) is 4.04. The Bertz CT molecular complexity index is 938. The van der Waals surface area contributed by atoms with Crippen LogP contribution in [0.1, 0.15) is 11.1 Å². The second kappa shape index (κ2) is 8.22. The molecular weight excluding hydrogens is 356 g/mol. The zero-order valence-corrected chi connectivity index (χ0v) is 15.9. The van der Waals surface area contributed by atoms with Crippen molar-refractivity contribution in [1.82, 2.24) is 20.3 Å². The Morgan fingerprint density at radius 1 is 0.821 bits per heavy atom. The predicted molar refractivity (Wildman–Crippen MR) is 105 cm³/mol. The third-order valence-corrected chi connectivity index (χ3v) is 4.63. The summed E-state index contributed by atoms with van der Waals surface area (Å²) in [5.41, 5.74) is 3.46. The van der Waals surface area contributed by atoms with Gasteiger partial charge in [-0.3, -0.25) is 0 Å². The SMILES string of the molecule is COc1cc(OC)nc(-c2ccc(Oc3ccc4c(c3)CCNCC4)nc2)n1. The van der Waals surface area contributed by atoms with Crippen LogP contribution in [0.5, 0.6) is 23.4 Å². The van der Waals surface area contributed by atoms with Crippen LogP contribution >= 0.6 is 0 Å². The molecule has 28 heavy (non-hydrogen) atoms. The molecule has 7 heteroatoms. The minimum absolute atomic E-state index is 0.432. The first-order valence-corrected chi connectivity index (χ1v) is 9.19. The van der Waals surface area contributed by atoms with E-state index in [9.17, 15) is 0 Å². The Hall–Kier alpha value is -3.19. The fourth-order valence-corrected chi connectivity index (χ4v) is 3.15. The highest BCUT2D eigenvalue weighted by molar-refractivity contribution is 5.55. The molecule has 4 rings (SSSR count). The van der Waals surface area contributed by atoms with E-state index in [4.69, 9.17) is 14.2 Å². The van der Waals surface area contributed by atoms with Crippen LogP contribution in [0.25, 0.3) is 11.4 Å². The molecule has 0 fully saturated rings. The molecule has 2 aromatic heterocycles. The molecule has 1 aliphatic heterocycles. The average Bonchev–Trinajstić information content (AvgIpc) is 2.99. The molecule has 0 bridgehead atoms. The summed E-state index contributed by atoms with van der Waals surface area (Å²) in [6, 6.07) is 11.5. The summed E-state index contributed by atoms with van der Waals surface area (Å²) in [4.78, 5) is 13.1. The lowest BCUT2D eigenvalue weighted by molar-refractivity contribution is 0.372. The number of pyridine rings is 1. The van der Waals surface area contributed by atoms with Gasteiger partial charge in [-0.15, -0.1) is 0 Å². The normalized spacial score (nSPS) is 13.4. The molecule has 144 valence electrons. The first kappa shape index (κ1) is 18.2. The third-order valence-electron chi connectivity index (χ3n) is 4.63. The molecule has 0 amide bonds. The van der Waals surface area contributed by atoms with Gasteiger partial charge in [0.25, 0.3) is 0 Å². The summed E-state index contributed by atoms with van der Waals surface area (Å²) in [6.45, 7) is 2.01. The molecular formula is C21H22N4O3. The van der Waals surface area contributed by atoms with Crippen molar-refractivity contribution in [3.8, 4) is 34.8 Å². The van der Waals surface area contributed by atoms with E-state index >= 15 is 0 Å². The number of hydrogen-bond acceptors (Lipinski definition) is 7. The Morgan fingerprint density at radius 2 is 1.57 bits per heavy atom. The second-order valence-corrected chi connectivity index (χ2v) is 6.44. The monoisotopic (exact) mass is 378 g/mol. The Morgan fingerprint density at radius 3 is 2.25 bits per heavy atom. The van der Waals surface area contributed by atoms with E-state index in [2.05, 4.69) is 32.4 Å². The van der Waals surface area contributed by atoms with Crippen LogP contribution in [0.15, 0.2) is 42.6 Å². The highest BCUT2D eigenvalue weighted by Crippen LogP contribution is 2.26. The van der Waals surface area contributed by atoms with Gasteiger partial charge in [-0.1, -0.05) is 6.07 Å². The Labute approximate surface area is 163 Å². The van der Waals surface area contributed by atoms with Crippen molar-refractivity contribution in [2.24, 2.45) is 0 Å². The second-order valence-electron chi connectivity index (χ2n) is 6.44. The standard InChI is InChI=1S/C21H22N4O3/c1-26-19-12-20(27-2)25-21(24-19)16-4-6-18(23-13-16)28-17-5-3-14-7-9-22-10-8-15(14)11-17/h3-6,11-13,22H,7-10H2,1-2H3. The van der Waals surface area contributed by atoms with Gasteiger partial charge in [-0.2, -0.15) is 9.97 Å². The molecule has 3 aromatic rings. The van der Waals surface area contributed by atoms with Gasteiger partial charge in [0.1, 0.15) is 5.75 Å². The van der Waals surface area contributed by atoms with Gasteiger partial charge in [0.05, 0.1) is 20.3 Å². The molecule has 0 radical (unpaired) electrons. The summed E-state index contributed by atoms with van der Waals surface area (Å²) in [6.07, 6.45) is 3.73. The molecule has 0 saturated carbocycles. The Kier molecular flexibility index (Phi) is 5.34. The molecule has 3 heterocycles. The van der Waals surface area contributed by atoms with E-state index in [0.29, 0.717) is 23.5 Å². The number of nitrogens with zero attached hydrogens (tertiary/aromatic N) is 3. The van der Waals surface area contributed by atoms with Crippen molar-refractivity contribution in [2.45, 2.75) is 12.8 Å². The molecule has 1 N–H and O–H groups in total. The van der Waals surface area contributed by atoms with Gasteiger partial charge in [0.2, 0.25) is 17.6 Å². The summed E-state index contributed by atoms with van der Waals surface area (Å²) in [5, 5.41) is 3.42. The number of rotatable bonds is 5. The molecule has 0 atom stereocenters. The highest BCUT2D eigenvalue weighted by atomic mass is 16.5. The fourth-order valence-electron chi connectivity index (χ4n) is 3.15. The van der Waals surface area contributed by atoms with Crippen molar-refractivity contribution in [3.05, 3.63) is 53.7 Å². The lowest BCUT2D eigenvalue weighted by atomic mass is 10.0. The average molecular weight is 378 g/mol. The van der Waals surface area contributed by atoms with Crippen molar-refractivity contribution in [1.29, 1.82) is 0 Å². The predicted octanol–water partition coefficient (Wildman–Crippen LogP) is 3.04. The smallest absolute Gasteiger partial charge is 0.220 e. The number of nitrogens with one attached hydrogen (secondary N) is 1. The maximum Gasteiger partial charge on any atom is 0.220 e. The quantitative estimate of drug-likeness (QED) is 0.731. The van der Waals surface area contributed by atoms with Crippen molar-refractivity contribution >= 4 is 0 Å². The van der Waals surface area contributed by atoms with Crippen LogP contribution in [0.3, 0.4) is 0 Å². The number of aromatic nitrogens is 3. The summed E-state index contributed by atoms with van der Waals surface area (Å²) in [7, 11) is 3.11. The van der Waals surface area contributed by atoms with Gasteiger partial charge < -0.3 is 19.5 Å². The molecule has 7 nitrogen and oxygen atoms in total. The van der Waals surface area contributed by atoms with Gasteiger partial charge in [0, 0.05) is 17.8 Å². The first-order chi connectivity index (χ1) is 13.7. The van der Waals surface area contributed by atoms with Crippen molar-refractivity contribution in [3.63, 3.8) is 0 Å². The lowest BCUT2D eigenvalue weighted by Crippen LogP contribution is -2.16. The van der Waals surface area contributed by atoms with Crippen LogP contribution < -0.4 is 19.5 Å². The van der Waals surface area contributed by atoms with E-state index in [1.165, 1.54) is 11.1 Å². The number of methoxy groups -OCH3 is 2. The largest absolute Gasteiger partial charge is 0.481 e. The maximum absolute atomic E-state index is 5.94. The number of fused-ring (bicyclic) bond motifs is 1. The number of benzene rings is 1. The topological polar surface area (TPSA) is 78.4 Å². The minimum atomic E-state index is 0.432.